The third kappa shape index (κ3) is 10.3. The minimum Gasteiger partial charge on any atom is -0.490 e. The minimum atomic E-state index is -0.891. The molecule has 1 N–H and O–H groups in total. The molecule has 0 spiro atoms. The van der Waals surface area contributed by atoms with Crippen molar-refractivity contribution in [1.29, 1.82) is 0 Å². The number of esters is 1. The first-order valence-electron chi connectivity index (χ1n) is 16.6. The molecule has 1 unspecified atom stereocenters. The van der Waals surface area contributed by atoms with Gasteiger partial charge in [-0.2, -0.15) is 0 Å². The molecule has 0 fully saturated rings. The van der Waals surface area contributed by atoms with Gasteiger partial charge in [0.25, 0.3) is 0 Å². The standard InChI is InChI=1S/C39H49N3O7/c1-11-45-33-21-28(17-20-32(33)47-25(2)3)34(36(43)46-24-27-15-13-12-14-16-27)41-29-18-19-30-31(22-29)26(4)23-40-35(30)42(49-39(8,9)10)37(44)48-38(5,6)7/h12-23,25,34,41H,11,24H2,1-10H3. The van der Waals surface area contributed by atoms with Crippen molar-refractivity contribution < 1.29 is 33.4 Å². The fourth-order valence-electron chi connectivity index (χ4n) is 4.94. The molecular weight excluding hydrogens is 622 g/mol. The Hall–Kier alpha value is -4.83. The molecule has 10 heteroatoms. The summed E-state index contributed by atoms with van der Waals surface area (Å²) in [6, 6.07) is 19.7. The van der Waals surface area contributed by atoms with Gasteiger partial charge in [-0.3, -0.25) is 4.84 Å². The molecule has 1 heterocycles. The van der Waals surface area contributed by atoms with Crippen LogP contribution < -0.4 is 19.9 Å². The summed E-state index contributed by atoms with van der Waals surface area (Å²) in [5.74, 6) is 0.941. The molecule has 0 aliphatic rings. The lowest BCUT2D eigenvalue weighted by atomic mass is 10.0. The van der Waals surface area contributed by atoms with Crippen LogP contribution in [0.25, 0.3) is 10.8 Å². The Morgan fingerprint density at radius 3 is 2.22 bits per heavy atom. The maximum atomic E-state index is 13.8. The molecule has 0 bridgehead atoms. The van der Waals surface area contributed by atoms with Crippen molar-refractivity contribution in [3.05, 3.63) is 89.6 Å². The van der Waals surface area contributed by atoms with E-state index in [4.69, 9.17) is 23.8 Å². The number of pyridine rings is 1. The summed E-state index contributed by atoms with van der Waals surface area (Å²) in [6.07, 6.45) is 0.937. The van der Waals surface area contributed by atoms with Crippen LogP contribution in [0.15, 0.2) is 72.9 Å². The van der Waals surface area contributed by atoms with E-state index in [-0.39, 0.29) is 18.5 Å². The van der Waals surface area contributed by atoms with E-state index in [1.165, 1.54) is 0 Å². The molecule has 10 nitrogen and oxygen atoms in total. The number of nitrogens with one attached hydrogen (secondary N) is 1. The number of rotatable bonds is 12. The average molecular weight is 672 g/mol. The van der Waals surface area contributed by atoms with Crippen LogP contribution in [0.1, 0.15) is 85.0 Å². The third-order valence-electron chi connectivity index (χ3n) is 6.92. The second kappa shape index (κ2) is 15.6. The summed E-state index contributed by atoms with van der Waals surface area (Å²) in [5, 5.41) is 5.97. The van der Waals surface area contributed by atoms with Gasteiger partial charge in [0, 0.05) is 17.3 Å². The maximum Gasteiger partial charge on any atom is 0.440 e. The second-order valence-electron chi connectivity index (χ2n) is 14.0. The lowest BCUT2D eigenvalue weighted by molar-refractivity contribution is -0.146. The van der Waals surface area contributed by atoms with E-state index in [0.29, 0.717) is 34.7 Å². The third-order valence-corrected chi connectivity index (χ3v) is 6.92. The number of aryl methyl sites for hydroxylation is 1. The number of hydrogen-bond acceptors (Lipinski definition) is 9. The Labute approximate surface area is 289 Å². The molecule has 0 aliphatic heterocycles. The summed E-state index contributed by atoms with van der Waals surface area (Å²) < 4.78 is 23.4. The van der Waals surface area contributed by atoms with Crippen molar-refractivity contribution in [2.24, 2.45) is 0 Å². The van der Waals surface area contributed by atoms with Gasteiger partial charge in [0.2, 0.25) is 0 Å². The normalized spacial score (nSPS) is 12.4. The van der Waals surface area contributed by atoms with Gasteiger partial charge in [-0.25, -0.2) is 14.6 Å². The SMILES string of the molecule is CCOc1cc(C(Nc2ccc3c(N(OC(C)(C)C)C(=O)OC(C)(C)C)ncc(C)c3c2)C(=O)OCc2ccccc2)ccc1OC(C)C. The van der Waals surface area contributed by atoms with Crippen LogP contribution >= 0.6 is 0 Å². The quantitative estimate of drug-likeness (QED) is 0.117. The second-order valence-corrected chi connectivity index (χ2v) is 14.0. The number of fused-ring (bicyclic) bond motifs is 1. The average Bonchev–Trinajstić information content (AvgIpc) is 3.02. The molecule has 1 amide bonds. The number of hydrogen-bond donors (Lipinski definition) is 1. The maximum absolute atomic E-state index is 13.8. The van der Waals surface area contributed by atoms with Crippen molar-refractivity contribution in [2.75, 3.05) is 17.0 Å². The fourth-order valence-corrected chi connectivity index (χ4v) is 4.94. The minimum absolute atomic E-state index is 0.0601. The van der Waals surface area contributed by atoms with E-state index in [9.17, 15) is 9.59 Å². The molecule has 0 radical (unpaired) electrons. The number of anilines is 2. The molecule has 4 aromatic rings. The van der Waals surface area contributed by atoms with E-state index < -0.39 is 29.3 Å². The summed E-state index contributed by atoms with van der Waals surface area (Å²) in [6.45, 7) is 19.2. The lowest BCUT2D eigenvalue weighted by Crippen LogP contribution is -2.42. The molecule has 262 valence electrons. The van der Waals surface area contributed by atoms with Crippen LogP contribution in [0.4, 0.5) is 16.3 Å². The van der Waals surface area contributed by atoms with Crippen LogP contribution in [0, 0.1) is 6.92 Å². The van der Waals surface area contributed by atoms with E-state index >= 15 is 0 Å². The zero-order valence-electron chi connectivity index (χ0n) is 30.2. The molecule has 0 aliphatic carbocycles. The van der Waals surface area contributed by atoms with Crippen molar-refractivity contribution in [1.82, 2.24) is 4.98 Å². The highest BCUT2D eigenvalue weighted by molar-refractivity contribution is 6.01. The van der Waals surface area contributed by atoms with Gasteiger partial charge >= 0.3 is 12.1 Å². The predicted molar refractivity (Wildman–Crippen MR) is 192 cm³/mol. The van der Waals surface area contributed by atoms with Gasteiger partial charge in [-0.05, 0) is 122 Å². The van der Waals surface area contributed by atoms with Gasteiger partial charge in [0.15, 0.2) is 23.4 Å². The van der Waals surface area contributed by atoms with Crippen molar-refractivity contribution in [3.63, 3.8) is 0 Å². The molecule has 0 saturated carbocycles. The highest BCUT2D eigenvalue weighted by atomic mass is 16.7. The van der Waals surface area contributed by atoms with Crippen LogP contribution in [0.2, 0.25) is 0 Å². The number of nitrogens with zero attached hydrogens (tertiary/aromatic N) is 2. The fraction of sp³-hybridized carbons (Fsp3) is 0.410. The number of ether oxygens (including phenoxy) is 4. The molecule has 49 heavy (non-hydrogen) atoms. The van der Waals surface area contributed by atoms with Gasteiger partial charge < -0.3 is 24.3 Å². The number of benzene rings is 3. The van der Waals surface area contributed by atoms with E-state index in [1.54, 1.807) is 33.0 Å². The zero-order valence-corrected chi connectivity index (χ0v) is 30.2. The highest BCUT2D eigenvalue weighted by Crippen LogP contribution is 2.36. The molecule has 3 aromatic carbocycles. The molecule has 0 saturated heterocycles. The number of aromatic nitrogens is 1. The molecule has 4 rings (SSSR count). The van der Waals surface area contributed by atoms with E-state index in [0.717, 1.165) is 21.6 Å². The summed E-state index contributed by atoms with van der Waals surface area (Å²) >= 11 is 0. The summed E-state index contributed by atoms with van der Waals surface area (Å²) in [5.41, 5.74) is 1.55. The van der Waals surface area contributed by atoms with Gasteiger partial charge in [-0.1, -0.05) is 36.4 Å². The van der Waals surface area contributed by atoms with Gasteiger partial charge in [-0.15, -0.1) is 5.06 Å². The number of carbonyl (C=O) groups is 2. The predicted octanol–water partition coefficient (Wildman–Crippen LogP) is 9.10. The number of amides is 1. The van der Waals surface area contributed by atoms with Crippen LogP contribution in [0.5, 0.6) is 11.5 Å². The first kappa shape index (κ1) is 37.0. The summed E-state index contributed by atoms with van der Waals surface area (Å²) in [4.78, 5) is 37.9. The van der Waals surface area contributed by atoms with E-state index in [1.807, 2.05) is 109 Å². The first-order chi connectivity index (χ1) is 23.0. The summed E-state index contributed by atoms with van der Waals surface area (Å²) in [7, 11) is 0. The Morgan fingerprint density at radius 2 is 1.59 bits per heavy atom. The van der Waals surface area contributed by atoms with Crippen molar-refractivity contribution in [3.8, 4) is 11.5 Å². The van der Waals surface area contributed by atoms with E-state index in [2.05, 4.69) is 10.3 Å². The number of carbonyl (C=O) groups excluding carboxylic acids is 2. The Kier molecular flexibility index (Phi) is 11.8. The molecule has 1 atom stereocenters. The Bertz CT molecular complexity index is 1740. The highest BCUT2D eigenvalue weighted by Gasteiger charge is 2.31. The Balaban J connectivity index is 1.76. The van der Waals surface area contributed by atoms with Crippen molar-refractivity contribution >= 4 is 34.3 Å². The van der Waals surface area contributed by atoms with Crippen LogP contribution in [-0.2, 0) is 25.7 Å². The topological polar surface area (TPSA) is 108 Å². The van der Waals surface area contributed by atoms with Crippen LogP contribution in [0.3, 0.4) is 0 Å². The molecular formula is C39H49N3O7. The lowest BCUT2D eigenvalue weighted by Gasteiger charge is -2.31. The smallest absolute Gasteiger partial charge is 0.440 e. The van der Waals surface area contributed by atoms with Crippen LogP contribution in [-0.4, -0.2) is 41.0 Å². The zero-order chi connectivity index (χ0) is 35.9. The van der Waals surface area contributed by atoms with Gasteiger partial charge in [0.05, 0.1) is 18.3 Å². The number of hydroxylamine groups is 1. The van der Waals surface area contributed by atoms with Gasteiger partial charge in [0.1, 0.15) is 12.2 Å². The molecule has 1 aromatic heterocycles. The monoisotopic (exact) mass is 671 g/mol. The largest absolute Gasteiger partial charge is 0.490 e. The van der Waals surface area contributed by atoms with Crippen molar-refractivity contribution in [2.45, 2.75) is 99.2 Å². The first-order valence-corrected chi connectivity index (χ1v) is 16.6. The Morgan fingerprint density at radius 1 is 0.878 bits per heavy atom.